The van der Waals surface area contributed by atoms with E-state index in [4.69, 9.17) is 31.2 Å². The van der Waals surface area contributed by atoms with Crippen LogP contribution in [0.1, 0.15) is 12.5 Å². The zero-order chi connectivity index (χ0) is 22.7. The van der Waals surface area contributed by atoms with Crippen molar-refractivity contribution in [1.82, 2.24) is 4.90 Å². The highest BCUT2D eigenvalue weighted by molar-refractivity contribution is 8.16. The number of halogens is 1. The minimum absolute atomic E-state index is 0.102. The number of methoxy groups -OCH3 is 1. The van der Waals surface area contributed by atoms with Crippen molar-refractivity contribution < 1.29 is 19.0 Å². The van der Waals surface area contributed by atoms with Gasteiger partial charge in [-0.05, 0) is 48.2 Å². The highest BCUT2D eigenvalue weighted by Gasteiger charge is 2.33. The average Bonchev–Trinajstić information content (AvgIpc) is 3.15. The first kappa shape index (κ1) is 22.0. The number of allylic oxidation sites excluding steroid dienone is 1. The third-order valence-electron chi connectivity index (χ3n) is 4.70. The number of hydrogen-bond donors (Lipinski definition) is 1. The molecule has 2 heterocycles. The first-order chi connectivity index (χ1) is 15.5. The normalized spacial score (nSPS) is 16.6. The van der Waals surface area contributed by atoms with Crippen LogP contribution in [0.25, 0.3) is 6.08 Å². The van der Waals surface area contributed by atoms with E-state index in [0.717, 1.165) is 11.4 Å². The topological polar surface area (TPSA) is 84.2 Å². The van der Waals surface area contributed by atoms with E-state index in [2.05, 4.69) is 4.99 Å². The molecule has 0 unspecified atom stereocenters. The molecule has 32 heavy (non-hydrogen) atoms. The Hall–Kier alpha value is -3.23. The molecule has 9 heteroatoms. The van der Waals surface area contributed by atoms with Gasteiger partial charge in [-0.25, -0.2) is 0 Å². The van der Waals surface area contributed by atoms with Crippen molar-refractivity contribution in [1.29, 1.82) is 5.41 Å². The Balaban J connectivity index is 1.39. The van der Waals surface area contributed by atoms with Gasteiger partial charge in [0.1, 0.15) is 36.3 Å². The number of hydrogen-bond acceptors (Lipinski definition) is 6. The lowest BCUT2D eigenvalue weighted by Gasteiger charge is -2.25. The summed E-state index contributed by atoms with van der Waals surface area (Å²) in [5.41, 5.74) is 1.74. The molecule has 164 valence electrons. The fourth-order valence-corrected chi connectivity index (χ4v) is 4.24. The van der Waals surface area contributed by atoms with E-state index < -0.39 is 5.91 Å². The monoisotopic (exact) mass is 469 g/mol. The molecule has 0 saturated heterocycles. The van der Waals surface area contributed by atoms with E-state index in [9.17, 15) is 4.79 Å². The number of fused-ring (bicyclic) bond motifs is 1. The standard InChI is InChI=1S/C23H20ClN3O4S/c1-14-13-32-23-26-22(28)18(21(25)27(14)23)10-15-6-7-20(19(24)11-15)31-9-8-30-17-5-3-4-16(12-17)29-2/h3-7,10-13,25H,8-9H2,1-2H3/b18-10+,25-21?. The van der Waals surface area contributed by atoms with E-state index in [1.807, 2.05) is 30.5 Å². The molecule has 4 rings (SSSR count). The van der Waals surface area contributed by atoms with Gasteiger partial charge in [0.15, 0.2) is 5.17 Å². The number of benzene rings is 2. The van der Waals surface area contributed by atoms with Crippen LogP contribution in [0.2, 0.25) is 5.02 Å². The van der Waals surface area contributed by atoms with Gasteiger partial charge in [-0.2, -0.15) is 4.99 Å². The molecule has 0 bridgehead atoms. The molecular formula is C23H20ClN3O4S. The molecule has 2 aromatic rings. The minimum Gasteiger partial charge on any atom is -0.497 e. The SMILES string of the molecule is COc1cccc(OCCOc2ccc(/C=C3\C(=N)N4C(C)=CSC4=NC3=O)cc2Cl)c1. The quantitative estimate of drug-likeness (QED) is 0.455. The smallest absolute Gasteiger partial charge is 0.283 e. The van der Waals surface area contributed by atoms with Gasteiger partial charge in [0.2, 0.25) is 0 Å². The molecule has 7 nitrogen and oxygen atoms in total. The first-order valence-electron chi connectivity index (χ1n) is 9.72. The van der Waals surface area contributed by atoms with Gasteiger partial charge in [0, 0.05) is 11.8 Å². The van der Waals surface area contributed by atoms with Crippen molar-refractivity contribution in [3.8, 4) is 17.2 Å². The van der Waals surface area contributed by atoms with Crippen LogP contribution in [0.5, 0.6) is 17.2 Å². The predicted octanol–water partition coefficient (Wildman–Crippen LogP) is 4.97. The van der Waals surface area contributed by atoms with Crippen LogP contribution in [0.3, 0.4) is 0 Å². The number of rotatable bonds is 7. The van der Waals surface area contributed by atoms with E-state index in [1.54, 1.807) is 42.4 Å². The second kappa shape index (κ2) is 9.50. The van der Waals surface area contributed by atoms with Crippen molar-refractivity contribution in [2.24, 2.45) is 4.99 Å². The van der Waals surface area contributed by atoms with Crippen molar-refractivity contribution in [3.63, 3.8) is 0 Å². The molecule has 2 aliphatic rings. The van der Waals surface area contributed by atoms with Gasteiger partial charge < -0.3 is 14.2 Å². The second-order valence-electron chi connectivity index (χ2n) is 6.88. The Kier molecular flexibility index (Phi) is 6.53. The summed E-state index contributed by atoms with van der Waals surface area (Å²) < 4.78 is 16.5. The van der Waals surface area contributed by atoms with Crippen molar-refractivity contribution in [3.05, 3.63) is 69.7 Å². The maximum atomic E-state index is 12.4. The summed E-state index contributed by atoms with van der Waals surface area (Å²) >= 11 is 7.70. The maximum absolute atomic E-state index is 12.4. The average molecular weight is 470 g/mol. The van der Waals surface area contributed by atoms with Crippen LogP contribution >= 0.6 is 23.4 Å². The molecule has 0 aliphatic carbocycles. The number of nitrogens with zero attached hydrogens (tertiary/aromatic N) is 2. The van der Waals surface area contributed by atoms with Crippen molar-refractivity contribution in [2.75, 3.05) is 20.3 Å². The Morgan fingerprint density at radius 1 is 1.16 bits per heavy atom. The third kappa shape index (κ3) is 4.66. The molecule has 0 aromatic heterocycles. The first-order valence-corrected chi connectivity index (χ1v) is 11.0. The van der Waals surface area contributed by atoms with Gasteiger partial charge in [-0.3, -0.25) is 15.1 Å². The summed E-state index contributed by atoms with van der Waals surface area (Å²) in [5, 5.41) is 11.2. The Labute approximate surface area is 194 Å². The summed E-state index contributed by atoms with van der Waals surface area (Å²) in [7, 11) is 1.60. The number of amides is 1. The summed E-state index contributed by atoms with van der Waals surface area (Å²) in [5.74, 6) is 1.57. The Bertz CT molecular complexity index is 1180. The van der Waals surface area contributed by atoms with Crippen LogP contribution < -0.4 is 14.2 Å². The van der Waals surface area contributed by atoms with Crippen LogP contribution in [-0.2, 0) is 4.79 Å². The lowest BCUT2D eigenvalue weighted by molar-refractivity contribution is -0.114. The number of nitrogens with one attached hydrogen (secondary N) is 1. The van der Waals surface area contributed by atoms with Gasteiger partial charge >= 0.3 is 0 Å². The fraction of sp³-hybridized carbons (Fsp3) is 0.174. The Morgan fingerprint density at radius 2 is 1.94 bits per heavy atom. The van der Waals surface area contributed by atoms with E-state index in [1.165, 1.54) is 11.8 Å². The lowest BCUT2D eigenvalue weighted by Crippen LogP contribution is -2.37. The summed E-state index contributed by atoms with van der Waals surface area (Å²) in [6.07, 6.45) is 1.61. The van der Waals surface area contributed by atoms with E-state index in [0.29, 0.717) is 40.5 Å². The summed E-state index contributed by atoms with van der Waals surface area (Å²) in [4.78, 5) is 18.1. The van der Waals surface area contributed by atoms with E-state index >= 15 is 0 Å². The molecule has 0 fully saturated rings. The number of carbonyl (C=O) groups is 1. The van der Waals surface area contributed by atoms with Gasteiger partial charge in [0.05, 0.1) is 17.7 Å². The third-order valence-corrected chi connectivity index (χ3v) is 5.94. The number of aliphatic imine (C=N–C) groups is 1. The van der Waals surface area contributed by atoms with Crippen LogP contribution in [-0.4, -0.2) is 42.1 Å². The molecule has 1 N–H and O–H groups in total. The zero-order valence-electron chi connectivity index (χ0n) is 17.4. The van der Waals surface area contributed by atoms with Crippen LogP contribution in [0.4, 0.5) is 0 Å². The molecule has 1 amide bonds. The number of carbonyl (C=O) groups excluding carboxylic acids is 1. The molecule has 2 aromatic carbocycles. The predicted molar refractivity (Wildman–Crippen MR) is 127 cm³/mol. The maximum Gasteiger partial charge on any atom is 0.283 e. The summed E-state index contributed by atoms with van der Waals surface area (Å²) in [6, 6.07) is 12.5. The molecule has 0 radical (unpaired) electrons. The van der Waals surface area contributed by atoms with Crippen LogP contribution in [0.15, 0.2) is 64.1 Å². The van der Waals surface area contributed by atoms with Gasteiger partial charge in [-0.1, -0.05) is 35.5 Å². The molecule has 2 aliphatic heterocycles. The highest BCUT2D eigenvalue weighted by atomic mass is 35.5. The van der Waals surface area contributed by atoms with Gasteiger partial charge in [-0.15, -0.1) is 0 Å². The molecular weight excluding hydrogens is 450 g/mol. The number of thioether (sulfide) groups is 1. The number of ether oxygens (including phenoxy) is 3. The van der Waals surface area contributed by atoms with Gasteiger partial charge in [0.25, 0.3) is 5.91 Å². The summed E-state index contributed by atoms with van der Waals surface area (Å²) in [6.45, 7) is 2.51. The fourth-order valence-electron chi connectivity index (χ4n) is 3.13. The molecule has 0 spiro atoms. The molecule has 0 atom stereocenters. The molecule has 0 saturated carbocycles. The van der Waals surface area contributed by atoms with Crippen molar-refractivity contribution >= 4 is 46.3 Å². The van der Waals surface area contributed by atoms with E-state index in [-0.39, 0.29) is 11.4 Å². The zero-order valence-corrected chi connectivity index (χ0v) is 19.0. The largest absolute Gasteiger partial charge is 0.497 e. The minimum atomic E-state index is -0.442. The lowest BCUT2D eigenvalue weighted by atomic mass is 10.1. The Morgan fingerprint density at radius 3 is 2.72 bits per heavy atom. The second-order valence-corrected chi connectivity index (χ2v) is 8.13. The number of amidine groups is 2. The van der Waals surface area contributed by atoms with Crippen LogP contribution in [0, 0.1) is 5.41 Å². The highest BCUT2D eigenvalue weighted by Crippen LogP contribution is 2.32. The van der Waals surface area contributed by atoms with Crippen molar-refractivity contribution in [2.45, 2.75) is 6.92 Å².